The lowest BCUT2D eigenvalue weighted by Crippen LogP contribution is -2.09. The first-order valence-electron chi connectivity index (χ1n) is 9.85. The van der Waals surface area contributed by atoms with Crippen molar-refractivity contribution in [1.82, 2.24) is 0 Å². The molecular formula is C25H27FO4. The van der Waals surface area contributed by atoms with Gasteiger partial charge >= 0.3 is 5.97 Å². The summed E-state index contributed by atoms with van der Waals surface area (Å²) in [5, 5.41) is 9.27. The molecule has 3 aromatic carbocycles. The van der Waals surface area contributed by atoms with Crippen molar-refractivity contribution in [1.29, 1.82) is 0 Å². The van der Waals surface area contributed by atoms with Crippen LogP contribution in [0.5, 0.6) is 11.5 Å². The number of halogens is 1. The molecule has 0 radical (unpaired) electrons. The Labute approximate surface area is 177 Å². The van der Waals surface area contributed by atoms with Crippen molar-refractivity contribution in [3.63, 3.8) is 0 Å². The van der Waals surface area contributed by atoms with Gasteiger partial charge in [0.1, 0.15) is 17.3 Å². The average Bonchev–Trinajstić information content (AvgIpc) is 2.76. The monoisotopic (exact) mass is 410 g/mol. The third-order valence-corrected chi connectivity index (χ3v) is 3.73. The Morgan fingerprint density at radius 1 is 0.767 bits per heavy atom. The van der Waals surface area contributed by atoms with Crippen LogP contribution in [0.2, 0.25) is 0 Å². The summed E-state index contributed by atoms with van der Waals surface area (Å²) < 4.78 is 18.6. The number of benzene rings is 3. The van der Waals surface area contributed by atoms with Gasteiger partial charge in [-0.25, -0.2) is 9.18 Å². The fourth-order valence-corrected chi connectivity index (χ4v) is 2.47. The number of rotatable bonds is 4. The molecular weight excluding hydrogens is 383 g/mol. The van der Waals surface area contributed by atoms with E-state index in [4.69, 9.17) is 4.74 Å². The molecule has 0 saturated carbocycles. The van der Waals surface area contributed by atoms with Gasteiger partial charge in [0.15, 0.2) is 5.78 Å². The second-order valence-electron chi connectivity index (χ2n) is 5.81. The van der Waals surface area contributed by atoms with Crippen LogP contribution in [0.3, 0.4) is 0 Å². The molecule has 3 aromatic rings. The van der Waals surface area contributed by atoms with Crippen LogP contribution in [-0.4, -0.2) is 16.9 Å². The van der Waals surface area contributed by atoms with E-state index in [-0.39, 0.29) is 22.8 Å². The van der Waals surface area contributed by atoms with E-state index < -0.39 is 11.8 Å². The number of carbonyl (C=O) groups is 2. The summed E-state index contributed by atoms with van der Waals surface area (Å²) >= 11 is 0. The highest BCUT2D eigenvalue weighted by molar-refractivity contribution is 6.09. The standard InChI is InChI=1S/C21H15FO4.2C2H6/c1-13-10-16(12-17(22)11-13)21(25)26-19-8-4-15(5-9-19)20(24)14-2-6-18(23)7-3-14;2*1-2/h2-12,23H,1H3;2*1-2H3. The van der Waals surface area contributed by atoms with E-state index in [1.165, 1.54) is 60.7 Å². The normalized spacial score (nSPS) is 9.40. The molecule has 30 heavy (non-hydrogen) atoms. The lowest BCUT2D eigenvalue weighted by Gasteiger charge is -2.07. The third-order valence-electron chi connectivity index (χ3n) is 3.73. The number of ether oxygens (including phenoxy) is 1. The molecule has 0 saturated heterocycles. The number of phenolic OH excluding ortho intramolecular Hbond substituents is 1. The predicted octanol–water partition coefficient (Wildman–Crippen LogP) is 6.34. The number of aromatic hydroxyl groups is 1. The molecule has 4 nitrogen and oxygen atoms in total. The Hall–Kier alpha value is -3.47. The van der Waals surface area contributed by atoms with Crippen LogP contribution in [-0.2, 0) is 0 Å². The number of phenols is 1. The number of aryl methyl sites for hydroxylation is 1. The third kappa shape index (κ3) is 6.85. The highest BCUT2D eigenvalue weighted by Crippen LogP contribution is 2.19. The zero-order valence-corrected chi connectivity index (χ0v) is 17.9. The summed E-state index contributed by atoms with van der Waals surface area (Å²) in [6.07, 6.45) is 0. The van der Waals surface area contributed by atoms with Crippen LogP contribution < -0.4 is 4.74 Å². The molecule has 0 aliphatic heterocycles. The van der Waals surface area contributed by atoms with Crippen molar-refractivity contribution in [2.24, 2.45) is 0 Å². The van der Waals surface area contributed by atoms with E-state index in [1.807, 2.05) is 27.7 Å². The molecule has 0 amide bonds. The maximum atomic E-state index is 13.4. The van der Waals surface area contributed by atoms with Crippen molar-refractivity contribution in [2.75, 3.05) is 0 Å². The number of ketones is 1. The topological polar surface area (TPSA) is 63.6 Å². The van der Waals surface area contributed by atoms with Gasteiger partial charge in [-0.05, 0) is 79.2 Å². The first-order chi connectivity index (χ1) is 14.4. The van der Waals surface area contributed by atoms with Crippen LogP contribution in [0.15, 0.2) is 66.7 Å². The summed E-state index contributed by atoms with van der Waals surface area (Å²) in [7, 11) is 0. The van der Waals surface area contributed by atoms with Crippen LogP contribution in [0, 0.1) is 12.7 Å². The largest absolute Gasteiger partial charge is 0.508 e. The zero-order valence-electron chi connectivity index (χ0n) is 17.9. The van der Waals surface area contributed by atoms with Gasteiger partial charge in [0.2, 0.25) is 0 Å². The van der Waals surface area contributed by atoms with Gasteiger partial charge in [-0.3, -0.25) is 4.79 Å². The Morgan fingerprint density at radius 3 is 1.77 bits per heavy atom. The summed E-state index contributed by atoms with van der Waals surface area (Å²) in [4.78, 5) is 24.5. The first-order valence-corrected chi connectivity index (χ1v) is 9.85. The lowest BCUT2D eigenvalue weighted by molar-refractivity contribution is 0.0734. The molecule has 0 spiro atoms. The van der Waals surface area contributed by atoms with E-state index in [0.717, 1.165) is 6.07 Å². The molecule has 5 heteroatoms. The Kier molecular flexibility index (Phi) is 9.97. The maximum Gasteiger partial charge on any atom is 0.343 e. The molecule has 0 heterocycles. The van der Waals surface area contributed by atoms with Gasteiger partial charge in [0.05, 0.1) is 5.56 Å². The average molecular weight is 410 g/mol. The van der Waals surface area contributed by atoms with E-state index >= 15 is 0 Å². The predicted molar refractivity (Wildman–Crippen MR) is 117 cm³/mol. The van der Waals surface area contributed by atoms with Crippen molar-refractivity contribution < 1.29 is 23.8 Å². The number of hydrogen-bond donors (Lipinski definition) is 1. The number of esters is 1. The Bertz CT molecular complexity index is 941. The SMILES string of the molecule is CC.CC.Cc1cc(F)cc(C(=O)Oc2ccc(C(=O)c3ccc(O)cc3)cc2)c1. The van der Waals surface area contributed by atoms with E-state index in [2.05, 4.69) is 0 Å². The minimum Gasteiger partial charge on any atom is -0.508 e. The first kappa shape index (κ1) is 24.6. The molecule has 3 rings (SSSR count). The Balaban J connectivity index is 0.00000106. The van der Waals surface area contributed by atoms with Crippen molar-refractivity contribution in [3.05, 3.63) is 94.8 Å². The summed E-state index contributed by atoms with van der Waals surface area (Å²) in [6.45, 7) is 9.68. The van der Waals surface area contributed by atoms with Crippen molar-refractivity contribution >= 4 is 11.8 Å². The lowest BCUT2D eigenvalue weighted by atomic mass is 10.0. The second kappa shape index (κ2) is 12.2. The van der Waals surface area contributed by atoms with Crippen LogP contribution >= 0.6 is 0 Å². The second-order valence-corrected chi connectivity index (χ2v) is 5.81. The molecule has 1 N–H and O–H groups in total. The molecule has 0 fully saturated rings. The molecule has 0 bridgehead atoms. The van der Waals surface area contributed by atoms with E-state index in [0.29, 0.717) is 16.7 Å². The zero-order chi connectivity index (χ0) is 22.7. The van der Waals surface area contributed by atoms with Crippen LogP contribution in [0.25, 0.3) is 0 Å². The highest BCUT2D eigenvalue weighted by Gasteiger charge is 2.13. The molecule has 0 aliphatic carbocycles. The molecule has 0 unspecified atom stereocenters. The summed E-state index contributed by atoms with van der Waals surface area (Å²) in [6, 6.07) is 16.0. The highest BCUT2D eigenvalue weighted by atomic mass is 19.1. The molecule has 0 atom stereocenters. The van der Waals surface area contributed by atoms with Gasteiger partial charge in [-0.15, -0.1) is 0 Å². The molecule has 158 valence electrons. The minimum atomic E-state index is -0.676. The van der Waals surface area contributed by atoms with Gasteiger partial charge < -0.3 is 9.84 Å². The number of hydrogen-bond acceptors (Lipinski definition) is 4. The molecule has 0 aromatic heterocycles. The van der Waals surface area contributed by atoms with Gasteiger partial charge in [0, 0.05) is 11.1 Å². The molecule has 0 aliphatic rings. The van der Waals surface area contributed by atoms with Gasteiger partial charge in [0.25, 0.3) is 0 Å². The minimum absolute atomic E-state index is 0.0800. The summed E-state index contributed by atoms with van der Waals surface area (Å²) in [5.74, 6) is -1.07. The van der Waals surface area contributed by atoms with Gasteiger partial charge in [-0.1, -0.05) is 27.7 Å². The number of carbonyl (C=O) groups excluding carboxylic acids is 2. The quantitative estimate of drug-likeness (QED) is 0.310. The van der Waals surface area contributed by atoms with Crippen molar-refractivity contribution in [3.8, 4) is 11.5 Å². The summed E-state index contributed by atoms with van der Waals surface area (Å²) in [5.41, 5.74) is 1.58. The fraction of sp³-hybridized carbons (Fsp3) is 0.200. The van der Waals surface area contributed by atoms with E-state index in [9.17, 15) is 19.1 Å². The Morgan fingerprint density at radius 2 is 1.27 bits per heavy atom. The fourth-order valence-electron chi connectivity index (χ4n) is 2.47. The van der Waals surface area contributed by atoms with Crippen LogP contribution in [0.4, 0.5) is 4.39 Å². The van der Waals surface area contributed by atoms with E-state index in [1.54, 1.807) is 6.92 Å². The van der Waals surface area contributed by atoms with Crippen LogP contribution in [0.1, 0.15) is 59.5 Å². The smallest absolute Gasteiger partial charge is 0.343 e. The van der Waals surface area contributed by atoms with Gasteiger partial charge in [-0.2, -0.15) is 0 Å². The van der Waals surface area contributed by atoms with Crippen molar-refractivity contribution in [2.45, 2.75) is 34.6 Å². The maximum absolute atomic E-state index is 13.4.